The lowest BCUT2D eigenvalue weighted by Gasteiger charge is -2.42. The highest BCUT2D eigenvalue weighted by atomic mass is 35.5. The summed E-state index contributed by atoms with van der Waals surface area (Å²) in [5.41, 5.74) is 2.65. The van der Waals surface area contributed by atoms with Crippen LogP contribution in [0.2, 0.25) is 5.02 Å². The van der Waals surface area contributed by atoms with Crippen LogP contribution in [-0.4, -0.2) is 30.3 Å². The molecule has 27 heavy (non-hydrogen) atoms. The van der Waals surface area contributed by atoms with E-state index in [9.17, 15) is 4.79 Å². The number of fused-ring (bicyclic) bond motifs is 4. The molecule has 2 aromatic rings. The number of halogens is 1. The van der Waals surface area contributed by atoms with Crippen molar-refractivity contribution in [3.63, 3.8) is 0 Å². The molecule has 1 spiro atoms. The Hall–Kier alpha value is -1.83. The van der Waals surface area contributed by atoms with Gasteiger partial charge in [0.15, 0.2) is 5.58 Å². The van der Waals surface area contributed by atoms with Crippen LogP contribution < -0.4 is 16.0 Å². The summed E-state index contributed by atoms with van der Waals surface area (Å²) in [5, 5.41) is 9.98. The standard InChI is InChI=1S/C19H23ClN4O3/c20-12-8-13-17(27-14(22-13)9-21-11-4-7-26-10-11)15-16(12)23-18(25)24-19(15)5-2-1-3-6-19/h8,11,21H,1-7,9-10H2,(H2,23,24,25). The van der Waals surface area contributed by atoms with Gasteiger partial charge in [0.2, 0.25) is 5.89 Å². The van der Waals surface area contributed by atoms with E-state index in [1.165, 1.54) is 6.42 Å². The van der Waals surface area contributed by atoms with Crippen molar-refractivity contribution in [3.8, 4) is 0 Å². The van der Waals surface area contributed by atoms with E-state index in [4.69, 9.17) is 20.8 Å². The third-order valence-corrected chi connectivity index (χ3v) is 6.22. The molecule has 144 valence electrons. The first-order valence-corrected chi connectivity index (χ1v) is 10.1. The Labute approximate surface area is 162 Å². The fraction of sp³-hybridized carbons (Fsp3) is 0.579. The lowest BCUT2D eigenvalue weighted by molar-refractivity contribution is 0.189. The van der Waals surface area contributed by atoms with Crippen LogP contribution in [0.1, 0.15) is 50.0 Å². The van der Waals surface area contributed by atoms with Gasteiger partial charge >= 0.3 is 6.03 Å². The number of nitrogens with one attached hydrogen (secondary N) is 3. The van der Waals surface area contributed by atoms with Crippen LogP contribution in [0.25, 0.3) is 11.1 Å². The predicted octanol–water partition coefficient (Wildman–Crippen LogP) is 3.65. The van der Waals surface area contributed by atoms with Crippen LogP contribution in [0, 0.1) is 0 Å². The fourth-order valence-corrected chi connectivity index (χ4v) is 4.86. The maximum atomic E-state index is 12.3. The van der Waals surface area contributed by atoms with E-state index < -0.39 is 5.54 Å². The minimum absolute atomic E-state index is 0.201. The van der Waals surface area contributed by atoms with E-state index in [1.54, 1.807) is 6.07 Å². The first-order valence-electron chi connectivity index (χ1n) is 9.67. The largest absolute Gasteiger partial charge is 0.439 e. The Balaban J connectivity index is 1.56. The van der Waals surface area contributed by atoms with Gasteiger partial charge in [-0.05, 0) is 25.3 Å². The van der Waals surface area contributed by atoms with Gasteiger partial charge in [-0.2, -0.15) is 0 Å². The molecule has 7 nitrogen and oxygen atoms in total. The molecule has 1 aromatic heterocycles. The number of hydrogen-bond acceptors (Lipinski definition) is 5. The van der Waals surface area contributed by atoms with Gasteiger partial charge in [0.1, 0.15) is 5.52 Å². The normalized spacial score (nSPS) is 24.0. The van der Waals surface area contributed by atoms with Crippen molar-refractivity contribution in [1.29, 1.82) is 0 Å². The second-order valence-corrected chi connectivity index (χ2v) is 8.13. The van der Waals surface area contributed by atoms with Crippen molar-refractivity contribution in [2.75, 3.05) is 18.5 Å². The maximum Gasteiger partial charge on any atom is 0.319 e. The predicted molar refractivity (Wildman–Crippen MR) is 102 cm³/mol. The average molecular weight is 391 g/mol. The number of ether oxygens (including phenoxy) is 1. The molecule has 0 bridgehead atoms. The Kier molecular flexibility index (Phi) is 4.26. The molecule has 1 unspecified atom stereocenters. The Morgan fingerprint density at radius 1 is 1.33 bits per heavy atom. The van der Waals surface area contributed by atoms with Crippen LogP contribution in [-0.2, 0) is 16.8 Å². The van der Waals surface area contributed by atoms with Crippen LogP contribution in [0.4, 0.5) is 10.5 Å². The summed E-state index contributed by atoms with van der Waals surface area (Å²) in [7, 11) is 0. The zero-order chi connectivity index (χ0) is 18.4. The summed E-state index contributed by atoms with van der Waals surface area (Å²) < 4.78 is 11.6. The van der Waals surface area contributed by atoms with Crippen molar-refractivity contribution in [1.82, 2.24) is 15.6 Å². The summed E-state index contributed by atoms with van der Waals surface area (Å²) >= 11 is 6.52. The first kappa shape index (κ1) is 17.3. The van der Waals surface area contributed by atoms with E-state index in [2.05, 4.69) is 20.9 Å². The Morgan fingerprint density at radius 2 is 2.19 bits per heavy atom. The molecule has 3 heterocycles. The highest BCUT2D eigenvalue weighted by Gasteiger charge is 2.44. The van der Waals surface area contributed by atoms with Crippen molar-refractivity contribution in [2.45, 2.75) is 56.7 Å². The van der Waals surface area contributed by atoms with Crippen molar-refractivity contribution < 1.29 is 13.9 Å². The monoisotopic (exact) mass is 390 g/mol. The molecule has 3 N–H and O–H groups in total. The zero-order valence-electron chi connectivity index (χ0n) is 15.1. The minimum Gasteiger partial charge on any atom is -0.439 e. The molecule has 1 atom stereocenters. The van der Waals surface area contributed by atoms with Gasteiger partial charge in [-0.1, -0.05) is 30.9 Å². The number of urea groups is 1. The van der Waals surface area contributed by atoms with E-state index in [1.807, 2.05) is 0 Å². The molecular weight excluding hydrogens is 368 g/mol. The van der Waals surface area contributed by atoms with Gasteiger partial charge in [0.25, 0.3) is 0 Å². The number of carbonyl (C=O) groups excluding carboxylic acids is 1. The fourth-order valence-electron chi connectivity index (χ4n) is 4.62. The molecule has 1 saturated heterocycles. The van der Waals surface area contributed by atoms with E-state index in [0.717, 1.165) is 62.0 Å². The number of rotatable bonds is 3. The summed E-state index contributed by atoms with van der Waals surface area (Å²) in [5.74, 6) is 0.629. The molecule has 5 rings (SSSR count). The number of nitrogens with zero attached hydrogens (tertiary/aromatic N) is 1. The lowest BCUT2D eigenvalue weighted by Crippen LogP contribution is -2.52. The van der Waals surface area contributed by atoms with Gasteiger partial charge in [-0.25, -0.2) is 9.78 Å². The molecule has 2 fully saturated rings. The van der Waals surface area contributed by atoms with Crippen molar-refractivity contribution >= 4 is 34.4 Å². The second-order valence-electron chi connectivity index (χ2n) is 7.73. The smallest absolute Gasteiger partial charge is 0.319 e. The summed E-state index contributed by atoms with van der Waals surface area (Å²) in [6.45, 7) is 2.06. The number of amides is 2. The van der Waals surface area contributed by atoms with E-state index in [0.29, 0.717) is 29.2 Å². The second kappa shape index (κ2) is 6.65. The van der Waals surface area contributed by atoms with Gasteiger partial charge in [-0.15, -0.1) is 0 Å². The maximum absolute atomic E-state index is 12.3. The van der Waals surface area contributed by atoms with Crippen molar-refractivity contribution in [2.24, 2.45) is 0 Å². The first-order chi connectivity index (χ1) is 13.1. The Bertz CT molecular complexity index is 885. The van der Waals surface area contributed by atoms with Crippen molar-refractivity contribution in [3.05, 3.63) is 22.5 Å². The SMILES string of the molecule is O=C1Nc2c(Cl)cc3nc(CNC4CCOC4)oc3c2C2(CCCCC2)N1. The highest BCUT2D eigenvalue weighted by Crippen LogP contribution is 2.48. The van der Waals surface area contributed by atoms with Gasteiger partial charge in [0, 0.05) is 18.2 Å². The van der Waals surface area contributed by atoms with Crippen LogP contribution in [0.15, 0.2) is 10.5 Å². The topological polar surface area (TPSA) is 88.4 Å². The molecule has 1 saturated carbocycles. The minimum atomic E-state index is -0.428. The van der Waals surface area contributed by atoms with E-state index >= 15 is 0 Å². The number of oxazole rings is 1. The van der Waals surface area contributed by atoms with Crippen LogP contribution >= 0.6 is 11.6 Å². The summed E-state index contributed by atoms with van der Waals surface area (Å²) in [4.78, 5) is 16.9. The molecular formula is C19H23ClN4O3. The van der Waals surface area contributed by atoms with E-state index in [-0.39, 0.29) is 6.03 Å². The highest BCUT2D eigenvalue weighted by molar-refractivity contribution is 6.35. The Morgan fingerprint density at radius 3 is 2.96 bits per heavy atom. The summed E-state index contributed by atoms with van der Waals surface area (Å²) in [6, 6.07) is 1.92. The number of aromatic nitrogens is 1. The number of anilines is 1. The number of benzene rings is 1. The number of hydrogen-bond donors (Lipinski definition) is 3. The zero-order valence-corrected chi connectivity index (χ0v) is 15.8. The molecule has 8 heteroatoms. The summed E-state index contributed by atoms with van der Waals surface area (Å²) in [6.07, 6.45) is 6.09. The quantitative estimate of drug-likeness (QED) is 0.744. The van der Waals surface area contributed by atoms with Gasteiger partial charge in [-0.3, -0.25) is 0 Å². The number of carbonyl (C=O) groups is 1. The van der Waals surface area contributed by atoms with Crippen LogP contribution in [0.5, 0.6) is 0 Å². The third-order valence-electron chi connectivity index (χ3n) is 5.93. The van der Waals surface area contributed by atoms with Gasteiger partial charge in [0.05, 0.1) is 29.4 Å². The van der Waals surface area contributed by atoms with Crippen LogP contribution in [0.3, 0.4) is 0 Å². The molecule has 1 aliphatic carbocycles. The molecule has 0 radical (unpaired) electrons. The molecule has 2 amide bonds. The lowest BCUT2D eigenvalue weighted by atomic mass is 9.74. The molecule has 3 aliphatic rings. The third kappa shape index (κ3) is 2.98. The molecule has 1 aromatic carbocycles. The van der Waals surface area contributed by atoms with Gasteiger partial charge < -0.3 is 25.1 Å². The average Bonchev–Trinajstić information content (AvgIpc) is 3.30. The molecule has 2 aliphatic heterocycles.